The van der Waals surface area contributed by atoms with Crippen LogP contribution in [0.5, 0.6) is 0 Å². The topological polar surface area (TPSA) is 63.4 Å². The molecule has 2 N–H and O–H groups in total. The fraction of sp³-hybridized carbons (Fsp3) is 0.368. The highest BCUT2D eigenvalue weighted by molar-refractivity contribution is 7.89. The van der Waals surface area contributed by atoms with Crippen LogP contribution in [-0.4, -0.2) is 31.9 Å². The van der Waals surface area contributed by atoms with Crippen molar-refractivity contribution in [1.29, 1.82) is 0 Å². The molecule has 2 aliphatic rings. The molecule has 0 aromatic heterocycles. The summed E-state index contributed by atoms with van der Waals surface area (Å²) in [4.78, 5) is 0.373. The Morgan fingerprint density at radius 3 is 2.42 bits per heavy atom. The van der Waals surface area contributed by atoms with Crippen LogP contribution in [-0.2, 0) is 10.0 Å². The smallest absolute Gasteiger partial charge is 0.243 e. The molecular formula is C19H22N2O2S. The second-order valence-corrected chi connectivity index (χ2v) is 8.82. The van der Waals surface area contributed by atoms with Crippen LogP contribution in [0.1, 0.15) is 12.8 Å². The highest BCUT2D eigenvalue weighted by Crippen LogP contribution is 2.39. The van der Waals surface area contributed by atoms with Crippen molar-refractivity contribution in [2.75, 3.05) is 13.1 Å². The average Bonchev–Trinajstić information content (AvgIpc) is 3.19. The van der Waals surface area contributed by atoms with E-state index in [0.717, 1.165) is 24.0 Å². The van der Waals surface area contributed by atoms with Gasteiger partial charge in [-0.1, -0.05) is 42.5 Å². The van der Waals surface area contributed by atoms with E-state index in [4.69, 9.17) is 5.73 Å². The summed E-state index contributed by atoms with van der Waals surface area (Å²) in [6, 6.07) is 17.2. The predicted molar refractivity (Wildman–Crippen MR) is 94.8 cm³/mol. The number of fused-ring (bicyclic) bond motifs is 1. The zero-order valence-electron chi connectivity index (χ0n) is 13.5. The van der Waals surface area contributed by atoms with Gasteiger partial charge in [0, 0.05) is 19.1 Å². The quantitative estimate of drug-likeness (QED) is 0.933. The maximum atomic E-state index is 13.0. The molecule has 2 aromatic rings. The summed E-state index contributed by atoms with van der Waals surface area (Å²) in [6.45, 7) is 1.17. The van der Waals surface area contributed by atoms with E-state index in [9.17, 15) is 8.42 Å². The third-order valence-corrected chi connectivity index (χ3v) is 7.29. The zero-order valence-corrected chi connectivity index (χ0v) is 14.3. The lowest BCUT2D eigenvalue weighted by Gasteiger charge is -2.19. The molecule has 3 unspecified atom stereocenters. The van der Waals surface area contributed by atoms with E-state index in [0.29, 0.717) is 29.8 Å². The van der Waals surface area contributed by atoms with Gasteiger partial charge in [-0.3, -0.25) is 0 Å². The first-order chi connectivity index (χ1) is 11.6. The fourth-order valence-corrected chi connectivity index (χ4v) is 5.66. The van der Waals surface area contributed by atoms with Crippen molar-refractivity contribution in [3.05, 3.63) is 54.6 Å². The molecule has 4 nitrogen and oxygen atoms in total. The minimum absolute atomic E-state index is 0.144. The number of nitrogens with two attached hydrogens (primary N) is 1. The van der Waals surface area contributed by atoms with E-state index in [1.165, 1.54) is 0 Å². The van der Waals surface area contributed by atoms with Gasteiger partial charge in [-0.15, -0.1) is 0 Å². The molecule has 1 saturated carbocycles. The number of sulfonamides is 1. The molecule has 1 aliphatic carbocycles. The Kier molecular flexibility index (Phi) is 3.95. The van der Waals surface area contributed by atoms with Gasteiger partial charge in [-0.2, -0.15) is 4.31 Å². The van der Waals surface area contributed by atoms with Gasteiger partial charge in [0.05, 0.1) is 4.90 Å². The molecule has 0 spiro atoms. The van der Waals surface area contributed by atoms with Gasteiger partial charge < -0.3 is 5.73 Å². The molecule has 0 amide bonds. The lowest BCUT2D eigenvalue weighted by atomic mass is 9.98. The van der Waals surface area contributed by atoms with Gasteiger partial charge >= 0.3 is 0 Å². The molecule has 5 heteroatoms. The summed E-state index contributed by atoms with van der Waals surface area (Å²) in [7, 11) is -3.46. The van der Waals surface area contributed by atoms with Crippen LogP contribution < -0.4 is 5.73 Å². The first-order valence-electron chi connectivity index (χ1n) is 8.47. The highest BCUT2D eigenvalue weighted by Gasteiger charge is 2.45. The van der Waals surface area contributed by atoms with Crippen molar-refractivity contribution in [1.82, 2.24) is 4.31 Å². The number of rotatable bonds is 3. The molecule has 2 aromatic carbocycles. The second-order valence-electron chi connectivity index (χ2n) is 6.88. The van der Waals surface area contributed by atoms with E-state index >= 15 is 0 Å². The molecule has 3 atom stereocenters. The minimum Gasteiger partial charge on any atom is -0.327 e. The van der Waals surface area contributed by atoms with Gasteiger partial charge in [0.1, 0.15) is 0 Å². The fourth-order valence-electron chi connectivity index (χ4n) is 4.08. The van der Waals surface area contributed by atoms with Gasteiger partial charge in [0.15, 0.2) is 0 Å². The Balaban J connectivity index is 1.64. The van der Waals surface area contributed by atoms with Gasteiger partial charge in [0.2, 0.25) is 10.0 Å². The summed E-state index contributed by atoms with van der Waals surface area (Å²) in [6.07, 6.45) is 2.06. The Morgan fingerprint density at radius 2 is 1.67 bits per heavy atom. The minimum atomic E-state index is -3.46. The van der Waals surface area contributed by atoms with Gasteiger partial charge in [-0.25, -0.2) is 8.42 Å². The van der Waals surface area contributed by atoms with Crippen molar-refractivity contribution < 1.29 is 8.42 Å². The molecule has 0 radical (unpaired) electrons. The highest BCUT2D eigenvalue weighted by atomic mass is 32.2. The zero-order chi connectivity index (χ0) is 16.7. The molecule has 1 aliphatic heterocycles. The third kappa shape index (κ3) is 2.66. The van der Waals surface area contributed by atoms with Gasteiger partial charge in [-0.05, 0) is 47.9 Å². The Morgan fingerprint density at radius 1 is 0.917 bits per heavy atom. The van der Waals surface area contributed by atoms with Crippen molar-refractivity contribution in [2.24, 2.45) is 17.6 Å². The van der Waals surface area contributed by atoms with Crippen LogP contribution in [0.3, 0.4) is 0 Å². The van der Waals surface area contributed by atoms with Crippen molar-refractivity contribution in [3.8, 4) is 11.1 Å². The normalized spacial score (nSPS) is 27.3. The first-order valence-corrected chi connectivity index (χ1v) is 9.91. The molecule has 0 bridgehead atoms. The van der Waals surface area contributed by atoms with E-state index in [2.05, 4.69) is 0 Å². The van der Waals surface area contributed by atoms with Gasteiger partial charge in [0.25, 0.3) is 0 Å². The summed E-state index contributed by atoms with van der Waals surface area (Å²) >= 11 is 0. The summed E-state index contributed by atoms with van der Waals surface area (Å²) < 4.78 is 27.7. The average molecular weight is 342 g/mol. The second kappa shape index (κ2) is 5.99. The third-order valence-electron chi connectivity index (χ3n) is 5.46. The maximum absolute atomic E-state index is 13.0. The number of nitrogens with zero attached hydrogens (tertiary/aromatic N) is 1. The molecule has 4 rings (SSSR count). The van der Waals surface area contributed by atoms with Crippen LogP contribution in [0.2, 0.25) is 0 Å². The van der Waals surface area contributed by atoms with E-state index < -0.39 is 10.0 Å². The molecule has 126 valence electrons. The van der Waals surface area contributed by atoms with Crippen molar-refractivity contribution >= 4 is 10.0 Å². The van der Waals surface area contributed by atoms with E-state index in [1.54, 1.807) is 16.4 Å². The lowest BCUT2D eigenvalue weighted by Crippen LogP contribution is -2.33. The van der Waals surface area contributed by atoms with E-state index in [1.807, 2.05) is 42.5 Å². The summed E-state index contributed by atoms with van der Waals surface area (Å²) in [5, 5.41) is 0. The SMILES string of the molecule is NC1CCC2CN(S(=O)(=O)c3cccc(-c4ccccc4)c3)CC12. The van der Waals surface area contributed by atoms with Crippen molar-refractivity contribution in [2.45, 2.75) is 23.8 Å². The van der Waals surface area contributed by atoms with Crippen molar-refractivity contribution in [3.63, 3.8) is 0 Å². The largest absolute Gasteiger partial charge is 0.327 e. The standard InChI is InChI=1S/C19H22N2O2S/c20-19-10-9-16-12-21(13-18(16)19)24(22,23)17-8-4-7-15(11-17)14-5-2-1-3-6-14/h1-8,11,16,18-19H,9-10,12-13,20H2. The molecule has 2 fully saturated rings. The Hall–Kier alpha value is -1.69. The molecular weight excluding hydrogens is 320 g/mol. The van der Waals surface area contributed by atoms with Crippen LogP contribution in [0.15, 0.2) is 59.5 Å². The Labute approximate surface area is 143 Å². The van der Waals surface area contributed by atoms with E-state index in [-0.39, 0.29) is 6.04 Å². The number of benzene rings is 2. The summed E-state index contributed by atoms with van der Waals surface area (Å²) in [5.41, 5.74) is 8.09. The maximum Gasteiger partial charge on any atom is 0.243 e. The lowest BCUT2D eigenvalue weighted by molar-refractivity contribution is 0.427. The molecule has 1 heterocycles. The van der Waals surface area contributed by atoms with Crippen LogP contribution in [0.4, 0.5) is 0 Å². The molecule has 24 heavy (non-hydrogen) atoms. The monoisotopic (exact) mass is 342 g/mol. The van der Waals surface area contributed by atoms with Crippen LogP contribution in [0, 0.1) is 11.8 Å². The van der Waals surface area contributed by atoms with Crippen LogP contribution in [0.25, 0.3) is 11.1 Å². The Bertz CT molecular complexity index is 835. The number of hydrogen-bond donors (Lipinski definition) is 1. The molecule has 1 saturated heterocycles. The predicted octanol–water partition coefficient (Wildman–Crippen LogP) is 2.71. The summed E-state index contributed by atoms with van der Waals surface area (Å²) in [5.74, 6) is 0.740. The number of hydrogen-bond acceptors (Lipinski definition) is 3. The van der Waals surface area contributed by atoms with Crippen LogP contribution >= 0.6 is 0 Å². The first kappa shape index (κ1) is 15.8.